The second-order valence-corrected chi connectivity index (χ2v) is 10.1. The summed E-state index contributed by atoms with van der Waals surface area (Å²) in [6, 6.07) is 14.7. The summed E-state index contributed by atoms with van der Waals surface area (Å²) in [5, 5.41) is 18.5. The predicted octanol–water partition coefficient (Wildman–Crippen LogP) is 6.26. The number of hydrogen-bond acceptors (Lipinski definition) is 5. The molecule has 6 rings (SSSR count). The van der Waals surface area contributed by atoms with Gasteiger partial charge in [0.2, 0.25) is 0 Å². The monoisotopic (exact) mass is 555 g/mol. The van der Waals surface area contributed by atoms with E-state index in [0.717, 1.165) is 24.5 Å². The summed E-state index contributed by atoms with van der Waals surface area (Å²) in [5.74, 6) is -1.28. The largest absolute Gasteiger partial charge is 0.418 e. The predicted molar refractivity (Wildman–Crippen MR) is 145 cm³/mol. The smallest absolute Gasteiger partial charge is 0.409 e. The first-order valence-corrected chi connectivity index (χ1v) is 13.0. The summed E-state index contributed by atoms with van der Waals surface area (Å²) in [7, 11) is 0. The maximum Gasteiger partial charge on any atom is 0.418 e. The number of nitrogens with one attached hydrogen (secondary N) is 2. The van der Waals surface area contributed by atoms with Crippen LogP contribution in [0.1, 0.15) is 48.4 Å². The molecule has 0 aromatic heterocycles. The Balaban J connectivity index is 1.48. The van der Waals surface area contributed by atoms with Crippen molar-refractivity contribution in [3.8, 4) is 0 Å². The number of rotatable bonds is 7. The minimum absolute atomic E-state index is 0.0268. The van der Waals surface area contributed by atoms with E-state index in [4.69, 9.17) is 5.73 Å². The first kappa shape index (κ1) is 27.4. The van der Waals surface area contributed by atoms with E-state index in [1.165, 1.54) is 35.2 Å². The standard InChI is InChI=1S/C29H29F4N5O2/c30-24-7-2-1-6-22(24)26(35-19-5-3-4-17(14-19)16-34)28(39)36-20-10-13-25(23(15-20)29(31,32)33)38-21-11-8-18(9-12-21)27(38)37-40/h1-7,10,13-15,18,21,26,35,40H,8-9,11-12,16,34H2,(H,36,39)/b37-27+. The quantitative estimate of drug-likeness (QED) is 0.157. The molecule has 3 aromatic rings. The Labute approximate surface area is 228 Å². The molecule has 0 spiro atoms. The van der Waals surface area contributed by atoms with Gasteiger partial charge in [0.25, 0.3) is 5.91 Å². The Morgan fingerprint density at radius 3 is 2.45 bits per heavy atom. The van der Waals surface area contributed by atoms with Gasteiger partial charge in [-0.05, 0) is 67.6 Å². The highest BCUT2D eigenvalue weighted by atomic mass is 19.4. The molecule has 3 aliphatic rings. The number of nitrogens with two attached hydrogens (primary N) is 1. The van der Waals surface area contributed by atoms with Crippen molar-refractivity contribution in [2.75, 3.05) is 15.5 Å². The molecule has 7 nitrogen and oxygen atoms in total. The molecule has 0 radical (unpaired) electrons. The first-order chi connectivity index (χ1) is 19.2. The average Bonchev–Trinajstić information content (AvgIpc) is 2.96. The van der Waals surface area contributed by atoms with Crippen LogP contribution in [0, 0.1) is 11.7 Å². The molecular formula is C29H29F4N5O2. The number of amides is 1. The van der Waals surface area contributed by atoms with Crippen LogP contribution in [0.2, 0.25) is 0 Å². The minimum Gasteiger partial charge on any atom is -0.409 e. The maximum absolute atomic E-state index is 14.8. The summed E-state index contributed by atoms with van der Waals surface area (Å²) in [6.45, 7) is 0.250. The van der Waals surface area contributed by atoms with Gasteiger partial charge in [0.15, 0.2) is 5.84 Å². The van der Waals surface area contributed by atoms with Crippen LogP contribution in [0.4, 0.5) is 34.6 Å². The van der Waals surface area contributed by atoms with Crippen molar-refractivity contribution >= 4 is 28.8 Å². The third-order valence-corrected chi connectivity index (χ3v) is 7.56. The van der Waals surface area contributed by atoms with Gasteiger partial charge in [0, 0.05) is 35.4 Å². The molecule has 210 valence electrons. The lowest BCUT2D eigenvalue weighted by Crippen LogP contribution is -2.53. The molecule has 1 unspecified atom stereocenters. The second kappa shape index (κ2) is 11.2. The maximum atomic E-state index is 14.8. The summed E-state index contributed by atoms with van der Waals surface area (Å²) < 4.78 is 57.7. The van der Waals surface area contributed by atoms with Crippen LogP contribution >= 0.6 is 0 Å². The van der Waals surface area contributed by atoms with Crippen LogP contribution in [0.25, 0.3) is 0 Å². The van der Waals surface area contributed by atoms with Crippen molar-refractivity contribution in [1.82, 2.24) is 0 Å². The van der Waals surface area contributed by atoms with Gasteiger partial charge in [-0.3, -0.25) is 4.79 Å². The first-order valence-electron chi connectivity index (χ1n) is 13.0. The van der Waals surface area contributed by atoms with Crippen LogP contribution < -0.4 is 21.3 Å². The zero-order valence-corrected chi connectivity index (χ0v) is 21.5. The fourth-order valence-electron chi connectivity index (χ4n) is 5.64. The molecule has 2 bridgehead atoms. The van der Waals surface area contributed by atoms with E-state index in [0.29, 0.717) is 18.5 Å². The van der Waals surface area contributed by atoms with E-state index >= 15 is 0 Å². The highest BCUT2D eigenvalue weighted by molar-refractivity contribution is 6.02. The minimum atomic E-state index is -4.75. The van der Waals surface area contributed by atoms with E-state index in [1.807, 2.05) is 0 Å². The van der Waals surface area contributed by atoms with Crippen LogP contribution in [-0.2, 0) is 17.5 Å². The number of amidine groups is 1. The number of carbonyl (C=O) groups is 1. The van der Waals surface area contributed by atoms with E-state index in [1.54, 1.807) is 30.3 Å². The summed E-state index contributed by atoms with van der Waals surface area (Å²) >= 11 is 0. The van der Waals surface area contributed by atoms with Crippen LogP contribution in [0.15, 0.2) is 71.9 Å². The van der Waals surface area contributed by atoms with Crippen LogP contribution in [0.5, 0.6) is 0 Å². The Bertz CT molecular complexity index is 1420. The highest BCUT2D eigenvalue weighted by Crippen LogP contribution is 2.45. The fraction of sp³-hybridized carbons (Fsp3) is 0.310. The molecule has 1 atom stereocenters. The molecule has 1 amide bonds. The summed E-state index contributed by atoms with van der Waals surface area (Å²) in [6.07, 6.45) is -1.84. The number of piperidine rings is 2. The molecule has 2 saturated heterocycles. The Hall–Kier alpha value is -4.12. The third-order valence-electron chi connectivity index (χ3n) is 7.56. The van der Waals surface area contributed by atoms with Gasteiger partial charge in [-0.1, -0.05) is 35.5 Å². The van der Waals surface area contributed by atoms with Gasteiger partial charge in [-0.15, -0.1) is 0 Å². The van der Waals surface area contributed by atoms with Crippen molar-refractivity contribution in [3.63, 3.8) is 0 Å². The lowest BCUT2D eigenvalue weighted by molar-refractivity contribution is -0.137. The number of benzene rings is 3. The Kier molecular flexibility index (Phi) is 7.66. The van der Waals surface area contributed by atoms with Crippen LogP contribution in [-0.4, -0.2) is 23.0 Å². The molecule has 11 heteroatoms. The number of alkyl halides is 3. The number of oxime groups is 1. The Morgan fingerprint density at radius 2 is 1.77 bits per heavy atom. The molecule has 3 aromatic carbocycles. The van der Waals surface area contributed by atoms with Gasteiger partial charge in [-0.25, -0.2) is 4.39 Å². The number of fused-ring (bicyclic) bond motifs is 3. The zero-order valence-electron chi connectivity index (χ0n) is 21.5. The highest BCUT2D eigenvalue weighted by Gasteiger charge is 2.44. The SMILES string of the molecule is NCc1cccc(NC(C(=O)Nc2ccc(N3/C(=N/O)C4CCC3CC4)c(C(F)(F)F)c2)c2ccccc2F)c1. The molecule has 1 saturated carbocycles. The third kappa shape index (κ3) is 5.46. The summed E-state index contributed by atoms with van der Waals surface area (Å²) in [4.78, 5) is 14.9. The van der Waals surface area contributed by atoms with Gasteiger partial charge in [0.05, 0.1) is 11.3 Å². The molecule has 1 aliphatic carbocycles. The summed E-state index contributed by atoms with van der Waals surface area (Å²) in [5.41, 5.74) is 5.81. The van der Waals surface area contributed by atoms with E-state index < -0.39 is 29.5 Å². The van der Waals surface area contributed by atoms with Crippen molar-refractivity contribution in [2.45, 2.75) is 50.5 Å². The van der Waals surface area contributed by atoms with Gasteiger partial charge < -0.3 is 26.5 Å². The molecule has 5 N–H and O–H groups in total. The molecule has 3 fully saturated rings. The van der Waals surface area contributed by atoms with Crippen LogP contribution in [0.3, 0.4) is 0 Å². The lowest BCUT2D eigenvalue weighted by atomic mass is 9.78. The van der Waals surface area contributed by atoms with Crippen molar-refractivity contribution in [2.24, 2.45) is 16.8 Å². The number of carbonyl (C=O) groups excluding carboxylic acids is 1. The Morgan fingerprint density at radius 1 is 1.02 bits per heavy atom. The topological polar surface area (TPSA) is 103 Å². The second-order valence-electron chi connectivity index (χ2n) is 10.1. The van der Waals surface area contributed by atoms with Crippen molar-refractivity contribution in [3.05, 3.63) is 89.2 Å². The molecule has 2 aliphatic heterocycles. The van der Waals surface area contributed by atoms with Gasteiger partial charge >= 0.3 is 6.18 Å². The number of halogens is 4. The fourth-order valence-corrected chi connectivity index (χ4v) is 5.64. The van der Waals surface area contributed by atoms with E-state index in [2.05, 4.69) is 15.8 Å². The van der Waals surface area contributed by atoms with Crippen molar-refractivity contribution < 1.29 is 27.6 Å². The lowest BCUT2D eigenvalue weighted by Gasteiger charge is -2.47. The van der Waals surface area contributed by atoms with Gasteiger partial charge in [0.1, 0.15) is 11.9 Å². The van der Waals surface area contributed by atoms with E-state index in [-0.39, 0.29) is 41.3 Å². The van der Waals surface area contributed by atoms with Gasteiger partial charge in [-0.2, -0.15) is 13.2 Å². The zero-order chi connectivity index (χ0) is 28.4. The number of anilines is 3. The molecule has 2 heterocycles. The average molecular weight is 556 g/mol. The number of hydrogen-bond donors (Lipinski definition) is 4. The molecule has 40 heavy (non-hydrogen) atoms. The van der Waals surface area contributed by atoms with Crippen molar-refractivity contribution in [1.29, 1.82) is 0 Å². The van der Waals surface area contributed by atoms with E-state index in [9.17, 15) is 27.6 Å². The molecular weight excluding hydrogens is 526 g/mol. The number of nitrogens with zero attached hydrogens (tertiary/aromatic N) is 2. The normalized spacial score (nSPS) is 20.4.